The lowest BCUT2D eigenvalue weighted by atomic mass is 10.4. The van der Waals surface area contributed by atoms with Crippen molar-refractivity contribution < 1.29 is 14.7 Å². The maximum atomic E-state index is 10.1. The van der Waals surface area contributed by atoms with E-state index in [2.05, 4.69) is 5.32 Å². The Morgan fingerprint density at radius 2 is 2.33 bits per heavy atom. The van der Waals surface area contributed by atoms with Gasteiger partial charge in [0.2, 0.25) is 5.91 Å². The first-order chi connectivity index (χ1) is 5.66. The van der Waals surface area contributed by atoms with Gasteiger partial charge in [0.05, 0.1) is 0 Å². The minimum Gasteiger partial charge on any atom is -0.481 e. The van der Waals surface area contributed by atoms with E-state index in [0.29, 0.717) is 6.42 Å². The number of carbonyl (C=O) groups excluding carboxylic acids is 1. The van der Waals surface area contributed by atoms with Crippen molar-refractivity contribution in [2.75, 3.05) is 6.54 Å². The molecule has 1 amide bonds. The Balaban J connectivity index is 0.000000202. The molecule has 1 aliphatic rings. The fraction of sp³-hybridized carbons (Fsp3) is 0.750. The van der Waals surface area contributed by atoms with E-state index in [1.165, 1.54) is 0 Å². The molecule has 70 valence electrons. The van der Waals surface area contributed by atoms with E-state index in [-0.39, 0.29) is 5.91 Å². The van der Waals surface area contributed by atoms with Gasteiger partial charge in [-0.2, -0.15) is 0 Å². The molecule has 0 radical (unpaired) electrons. The van der Waals surface area contributed by atoms with Crippen LogP contribution in [-0.2, 0) is 9.59 Å². The largest absolute Gasteiger partial charge is 0.481 e. The fourth-order valence-electron chi connectivity index (χ4n) is 0.779. The second-order valence-corrected chi connectivity index (χ2v) is 2.60. The minimum absolute atomic E-state index is 0.204. The number of nitrogens with one attached hydrogen (secondary N) is 1. The molecular weight excluding hydrogens is 158 g/mol. The highest BCUT2D eigenvalue weighted by Crippen LogP contribution is 1.93. The molecule has 0 aromatic carbocycles. The van der Waals surface area contributed by atoms with E-state index in [9.17, 15) is 9.59 Å². The molecule has 0 saturated carbocycles. The lowest BCUT2D eigenvalue weighted by Gasteiger charge is -1.80. The molecule has 1 rings (SSSR count). The van der Waals surface area contributed by atoms with E-state index >= 15 is 0 Å². The SMILES string of the molecule is CCCC(=O)O.O=C1CCCN1. The van der Waals surface area contributed by atoms with Crippen molar-refractivity contribution in [3.63, 3.8) is 0 Å². The Hall–Kier alpha value is -1.06. The number of carboxylic acids is 1. The third kappa shape index (κ3) is 7.05. The summed E-state index contributed by atoms with van der Waals surface area (Å²) in [6.45, 7) is 2.73. The van der Waals surface area contributed by atoms with E-state index in [1.807, 2.05) is 6.92 Å². The number of hydrogen-bond donors (Lipinski definition) is 2. The van der Waals surface area contributed by atoms with Crippen LogP contribution < -0.4 is 5.32 Å². The van der Waals surface area contributed by atoms with Crippen LogP contribution in [0, 0.1) is 0 Å². The third-order valence-electron chi connectivity index (χ3n) is 1.37. The lowest BCUT2D eigenvalue weighted by Crippen LogP contribution is -2.12. The molecule has 0 spiro atoms. The highest BCUT2D eigenvalue weighted by atomic mass is 16.4. The Morgan fingerprint density at radius 1 is 1.67 bits per heavy atom. The van der Waals surface area contributed by atoms with Crippen molar-refractivity contribution in [3.05, 3.63) is 0 Å². The van der Waals surface area contributed by atoms with Crippen molar-refractivity contribution >= 4 is 11.9 Å². The smallest absolute Gasteiger partial charge is 0.303 e. The number of amides is 1. The van der Waals surface area contributed by atoms with Gasteiger partial charge in [-0.1, -0.05) is 6.92 Å². The molecule has 1 heterocycles. The van der Waals surface area contributed by atoms with Crippen LogP contribution in [0.5, 0.6) is 0 Å². The highest BCUT2D eigenvalue weighted by molar-refractivity contribution is 5.77. The normalized spacial score (nSPS) is 14.6. The lowest BCUT2D eigenvalue weighted by molar-refractivity contribution is -0.137. The minimum atomic E-state index is -0.711. The molecule has 0 aliphatic carbocycles. The van der Waals surface area contributed by atoms with Crippen molar-refractivity contribution in [3.8, 4) is 0 Å². The summed E-state index contributed by atoms with van der Waals surface area (Å²) in [5.41, 5.74) is 0. The zero-order chi connectivity index (χ0) is 9.40. The van der Waals surface area contributed by atoms with Crippen molar-refractivity contribution in [1.82, 2.24) is 5.32 Å². The van der Waals surface area contributed by atoms with Crippen molar-refractivity contribution in [2.45, 2.75) is 32.6 Å². The molecule has 0 bridgehead atoms. The predicted octanol–water partition coefficient (Wildman–Crippen LogP) is 0.767. The van der Waals surface area contributed by atoms with Gasteiger partial charge in [-0.05, 0) is 12.8 Å². The van der Waals surface area contributed by atoms with E-state index in [4.69, 9.17) is 5.11 Å². The third-order valence-corrected chi connectivity index (χ3v) is 1.37. The molecular formula is C8H15NO3. The van der Waals surface area contributed by atoms with Crippen molar-refractivity contribution in [2.24, 2.45) is 0 Å². The van der Waals surface area contributed by atoms with Crippen LogP contribution in [0.15, 0.2) is 0 Å². The monoisotopic (exact) mass is 173 g/mol. The Morgan fingerprint density at radius 3 is 2.42 bits per heavy atom. The Kier molecular flexibility index (Phi) is 6.05. The summed E-state index contributed by atoms with van der Waals surface area (Å²) in [6, 6.07) is 0. The molecule has 1 saturated heterocycles. The van der Waals surface area contributed by atoms with Crippen LogP contribution >= 0.6 is 0 Å². The summed E-state index contributed by atoms with van der Waals surface area (Å²) in [7, 11) is 0. The first-order valence-electron chi connectivity index (χ1n) is 4.15. The maximum absolute atomic E-state index is 10.1. The second-order valence-electron chi connectivity index (χ2n) is 2.60. The zero-order valence-corrected chi connectivity index (χ0v) is 7.30. The number of aliphatic carboxylic acids is 1. The summed E-state index contributed by atoms with van der Waals surface area (Å²) in [5.74, 6) is -0.507. The quantitative estimate of drug-likeness (QED) is 0.648. The zero-order valence-electron chi connectivity index (χ0n) is 7.30. The van der Waals surface area contributed by atoms with Crippen LogP contribution in [-0.4, -0.2) is 23.5 Å². The second kappa shape index (κ2) is 6.64. The molecule has 1 aliphatic heterocycles. The van der Waals surface area contributed by atoms with Gasteiger partial charge < -0.3 is 10.4 Å². The molecule has 4 nitrogen and oxygen atoms in total. The van der Waals surface area contributed by atoms with Crippen LogP contribution in [0.25, 0.3) is 0 Å². The summed E-state index contributed by atoms with van der Waals surface area (Å²) < 4.78 is 0. The topological polar surface area (TPSA) is 66.4 Å². The number of carboxylic acid groups (broad SMARTS) is 1. The molecule has 0 aromatic rings. The van der Waals surface area contributed by atoms with E-state index < -0.39 is 5.97 Å². The van der Waals surface area contributed by atoms with Gasteiger partial charge in [0.15, 0.2) is 0 Å². The van der Waals surface area contributed by atoms with E-state index in [1.54, 1.807) is 0 Å². The highest BCUT2D eigenvalue weighted by Gasteiger charge is 2.05. The van der Waals surface area contributed by atoms with Crippen LogP contribution in [0.4, 0.5) is 0 Å². The fourth-order valence-corrected chi connectivity index (χ4v) is 0.779. The Labute approximate surface area is 72.0 Å². The molecule has 0 unspecified atom stereocenters. The van der Waals surface area contributed by atoms with Gasteiger partial charge in [0.25, 0.3) is 0 Å². The summed E-state index contributed by atoms with van der Waals surface area (Å²) in [6.07, 6.45) is 2.79. The number of carbonyl (C=O) groups is 2. The number of rotatable bonds is 2. The van der Waals surface area contributed by atoms with Crippen LogP contribution in [0.3, 0.4) is 0 Å². The van der Waals surface area contributed by atoms with Crippen LogP contribution in [0.1, 0.15) is 32.6 Å². The summed E-state index contributed by atoms with van der Waals surface area (Å²) >= 11 is 0. The van der Waals surface area contributed by atoms with Crippen LogP contribution in [0.2, 0.25) is 0 Å². The number of hydrogen-bond acceptors (Lipinski definition) is 2. The van der Waals surface area contributed by atoms with Gasteiger partial charge in [0, 0.05) is 19.4 Å². The molecule has 2 N–H and O–H groups in total. The molecule has 1 fully saturated rings. The summed E-state index contributed by atoms with van der Waals surface area (Å²) in [5, 5.41) is 10.6. The average molecular weight is 173 g/mol. The first kappa shape index (κ1) is 10.9. The van der Waals surface area contributed by atoms with Gasteiger partial charge in [-0.25, -0.2) is 0 Å². The predicted molar refractivity (Wildman–Crippen MR) is 44.8 cm³/mol. The van der Waals surface area contributed by atoms with E-state index in [0.717, 1.165) is 25.8 Å². The average Bonchev–Trinajstić information content (AvgIpc) is 2.40. The molecule has 0 aromatic heterocycles. The van der Waals surface area contributed by atoms with Gasteiger partial charge >= 0.3 is 5.97 Å². The Bertz CT molecular complexity index is 148. The first-order valence-corrected chi connectivity index (χ1v) is 4.15. The van der Waals surface area contributed by atoms with Gasteiger partial charge in [-0.3, -0.25) is 9.59 Å². The van der Waals surface area contributed by atoms with Gasteiger partial charge in [-0.15, -0.1) is 0 Å². The van der Waals surface area contributed by atoms with Crippen molar-refractivity contribution in [1.29, 1.82) is 0 Å². The standard InChI is InChI=1S/C4H7NO.C4H8O2/c6-4-2-1-3-5-4;1-2-3-4(5)6/h1-3H2,(H,5,6);2-3H2,1H3,(H,5,6). The molecule has 12 heavy (non-hydrogen) atoms. The summed E-state index contributed by atoms with van der Waals surface area (Å²) in [4.78, 5) is 19.7. The molecule has 0 atom stereocenters. The van der Waals surface area contributed by atoms with Gasteiger partial charge in [0.1, 0.15) is 0 Å². The molecule has 4 heteroatoms. The maximum Gasteiger partial charge on any atom is 0.303 e.